The lowest BCUT2D eigenvalue weighted by Crippen LogP contribution is -1.80. The van der Waals surface area contributed by atoms with Gasteiger partial charge < -0.3 is 4.89 Å². The Morgan fingerprint density at radius 3 is 2.44 bits per heavy atom. The molecule has 0 saturated carbocycles. The summed E-state index contributed by atoms with van der Waals surface area (Å²) in [6.07, 6.45) is 0. The van der Waals surface area contributed by atoms with Crippen molar-refractivity contribution in [1.29, 1.82) is 0 Å². The van der Waals surface area contributed by atoms with Crippen molar-refractivity contribution in [3.8, 4) is 5.19 Å². The third-order valence-electron chi connectivity index (χ3n) is 1.09. The normalized spacial score (nSPS) is 9.67. The number of aromatic nitrogens is 1. The van der Waals surface area contributed by atoms with E-state index < -0.39 is 0 Å². The van der Waals surface area contributed by atoms with Gasteiger partial charge in [0, 0.05) is 4.88 Å². The largest absolute Gasteiger partial charge is 0.312 e. The van der Waals surface area contributed by atoms with Gasteiger partial charge in [-0.25, -0.2) is 10.2 Å². The molecule has 9 heavy (non-hydrogen) atoms. The van der Waals surface area contributed by atoms with E-state index in [4.69, 9.17) is 5.26 Å². The molecule has 0 spiro atoms. The van der Waals surface area contributed by atoms with Crippen LogP contribution in [-0.4, -0.2) is 10.2 Å². The summed E-state index contributed by atoms with van der Waals surface area (Å²) in [5.41, 5.74) is 0.907. The van der Waals surface area contributed by atoms with Crippen LogP contribution in [0.25, 0.3) is 0 Å². The minimum Gasteiger partial charge on any atom is -0.308 e. The molecule has 0 aliphatic rings. The quantitative estimate of drug-likeness (QED) is 0.482. The second kappa shape index (κ2) is 2.33. The Balaban J connectivity index is 2.98. The third-order valence-corrected chi connectivity index (χ3v) is 2.03. The van der Waals surface area contributed by atoms with E-state index in [0.717, 1.165) is 10.6 Å². The van der Waals surface area contributed by atoms with E-state index in [1.807, 2.05) is 13.8 Å². The van der Waals surface area contributed by atoms with Crippen molar-refractivity contribution in [3.05, 3.63) is 10.6 Å². The number of rotatable bonds is 1. The maximum atomic E-state index is 8.12. The Morgan fingerprint density at radius 1 is 1.56 bits per heavy atom. The van der Waals surface area contributed by atoms with Crippen molar-refractivity contribution < 1.29 is 10.1 Å². The SMILES string of the molecule is Cc1nc(OO)sc1C. The number of hydrogen-bond donors (Lipinski definition) is 1. The van der Waals surface area contributed by atoms with Crippen molar-refractivity contribution >= 4 is 11.3 Å². The summed E-state index contributed by atoms with van der Waals surface area (Å²) >= 11 is 1.33. The lowest BCUT2D eigenvalue weighted by atomic mass is 10.4. The molecule has 0 aromatic carbocycles. The number of nitrogens with zero attached hydrogens (tertiary/aromatic N) is 1. The van der Waals surface area contributed by atoms with E-state index in [-0.39, 0.29) is 0 Å². The predicted molar refractivity (Wildman–Crippen MR) is 34.8 cm³/mol. The van der Waals surface area contributed by atoms with Gasteiger partial charge in [-0.3, -0.25) is 0 Å². The van der Waals surface area contributed by atoms with Gasteiger partial charge in [-0.1, -0.05) is 11.3 Å². The van der Waals surface area contributed by atoms with Crippen LogP contribution in [0.1, 0.15) is 10.6 Å². The third kappa shape index (κ3) is 1.20. The van der Waals surface area contributed by atoms with Gasteiger partial charge in [-0.2, -0.15) is 0 Å². The molecular weight excluding hydrogens is 138 g/mol. The molecule has 1 rings (SSSR count). The van der Waals surface area contributed by atoms with Gasteiger partial charge in [0.15, 0.2) is 0 Å². The summed E-state index contributed by atoms with van der Waals surface area (Å²) in [6.45, 7) is 3.80. The zero-order chi connectivity index (χ0) is 6.85. The first-order valence-electron chi connectivity index (χ1n) is 2.49. The van der Waals surface area contributed by atoms with Crippen molar-refractivity contribution in [1.82, 2.24) is 4.98 Å². The van der Waals surface area contributed by atoms with E-state index in [2.05, 4.69) is 9.87 Å². The van der Waals surface area contributed by atoms with Crippen LogP contribution in [-0.2, 0) is 0 Å². The molecule has 0 bridgehead atoms. The first-order chi connectivity index (χ1) is 4.24. The van der Waals surface area contributed by atoms with Crippen LogP contribution in [0, 0.1) is 13.8 Å². The van der Waals surface area contributed by atoms with Crippen LogP contribution in [0.3, 0.4) is 0 Å². The van der Waals surface area contributed by atoms with E-state index in [1.165, 1.54) is 11.3 Å². The molecule has 4 heteroatoms. The molecule has 1 aromatic rings. The van der Waals surface area contributed by atoms with Gasteiger partial charge in [0.05, 0.1) is 5.69 Å². The van der Waals surface area contributed by atoms with Crippen molar-refractivity contribution in [2.24, 2.45) is 0 Å². The molecule has 0 radical (unpaired) electrons. The molecule has 0 amide bonds. The molecule has 1 heterocycles. The average molecular weight is 145 g/mol. The van der Waals surface area contributed by atoms with Crippen LogP contribution in [0.2, 0.25) is 0 Å². The van der Waals surface area contributed by atoms with Crippen molar-refractivity contribution in [3.63, 3.8) is 0 Å². The molecule has 0 saturated heterocycles. The lowest BCUT2D eigenvalue weighted by molar-refractivity contribution is -0.137. The molecule has 0 unspecified atom stereocenters. The second-order valence-corrected chi connectivity index (χ2v) is 2.88. The number of hydrogen-bond acceptors (Lipinski definition) is 4. The molecule has 0 aliphatic carbocycles. The highest BCUT2D eigenvalue weighted by Crippen LogP contribution is 2.22. The Bertz CT molecular complexity index is 189. The van der Waals surface area contributed by atoms with Crippen LogP contribution in [0.15, 0.2) is 0 Å². The second-order valence-electron chi connectivity index (χ2n) is 1.71. The van der Waals surface area contributed by atoms with Gasteiger partial charge >= 0.3 is 5.19 Å². The molecule has 1 aromatic heterocycles. The van der Waals surface area contributed by atoms with E-state index in [0.29, 0.717) is 5.19 Å². The Labute approximate surface area is 56.9 Å². The highest BCUT2D eigenvalue weighted by Gasteiger charge is 2.02. The Hall–Kier alpha value is -0.610. The summed E-state index contributed by atoms with van der Waals surface area (Å²) in [5.74, 6) is 0. The van der Waals surface area contributed by atoms with E-state index in [9.17, 15) is 0 Å². The molecule has 0 atom stereocenters. The first kappa shape index (κ1) is 6.51. The number of thiazole rings is 1. The van der Waals surface area contributed by atoms with Crippen LogP contribution in [0.5, 0.6) is 5.19 Å². The Morgan fingerprint density at radius 2 is 2.22 bits per heavy atom. The van der Waals surface area contributed by atoms with Crippen molar-refractivity contribution in [2.75, 3.05) is 0 Å². The zero-order valence-electron chi connectivity index (χ0n) is 5.21. The molecule has 3 nitrogen and oxygen atoms in total. The number of aryl methyl sites for hydroxylation is 2. The summed E-state index contributed by atoms with van der Waals surface area (Å²) in [7, 11) is 0. The summed E-state index contributed by atoms with van der Waals surface area (Å²) in [5, 5.41) is 8.43. The smallest absolute Gasteiger partial charge is 0.308 e. The highest BCUT2D eigenvalue weighted by molar-refractivity contribution is 7.13. The topological polar surface area (TPSA) is 42.4 Å². The zero-order valence-corrected chi connectivity index (χ0v) is 6.03. The van der Waals surface area contributed by atoms with Gasteiger partial charge in [0.25, 0.3) is 0 Å². The fourth-order valence-corrected chi connectivity index (χ4v) is 1.16. The molecule has 1 N–H and O–H groups in total. The monoisotopic (exact) mass is 145 g/mol. The molecular formula is C5H7NO2S. The molecule has 50 valence electrons. The van der Waals surface area contributed by atoms with Crippen LogP contribution >= 0.6 is 11.3 Å². The molecule has 0 fully saturated rings. The predicted octanol–water partition coefficient (Wildman–Crippen LogP) is 1.61. The summed E-state index contributed by atoms with van der Waals surface area (Å²) in [6, 6.07) is 0. The average Bonchev–Trinajstić information content (AvgIpc) is 2.13. The first-order valence-corrected chi connectivity index (χ1v) is 3.31. The maximum Gasteiger partial charge on any atom is 0.312 e. The maximum absolute atomic E-state index is 8.12. The van der Waals surface area contributed by atoms with Gasteiger partial charge in [-0.05, 0) is 13.8 Å². The van der Waals surface area contributed by atoms with Crippen LogP contribution in [0.4, 0.5) is 0 Å². The fourth-order valence-electron chi connectivity index (χ4n) is 0.482. The van der Waals surface area contributed by atoms with E-state index in [1.54, 1.807) is 0 Å². The lowest BCUT2D eigenvalue weighted by Gasteiger charge is -1.81. The minimum atomic E-state index is 0.310. The highest BCUT2D eigenvalue weighted by atomic mass is 32.1. The van der Waals surface area contributed by atoms with Crippen LogP contribution < -0.4 is 4.89 Å². The van der Waals surface area contributed by atoms with Crippen molar-refractivity contribution in [2.45, 2.75) is 13.8 Å². The summed E-state index contributed by atoms with van der Waals surface area (Å²) < 4.78 is 0. The Kier molecular flexibility index (Phi) is 1.68. The van der Waals surface area contributed by atoms with Gasteiger partial charge in [0.2, 0.25) is 0 Å². The summed E-state index contributed by atoms with van der Waals surface area (Å²) in [4.78, 5) is 8.87. The van der Waals surface area contributed by atoms with Gasteiger partial charge in [-0.15, -0.1) is 0 Å². The fraction of sp³-hybridized carbons (Fsp3) is 0.400. The van der Waals surface area contributed by atoms with E-state index >= 15 is 0 Å². The minimum absolute atomic E-state index is 0.310. The van der Waals surface area contributed by atoms with Gasteiger partial charge in [0.1, 0.15) is 0 Å². The standard InChI is InChI=1S/C5H7NO2S/c1-3-4(2)9-5(6-3)8-7/h7H,1-2H3. The molecule has 0 aliphatic heterocycles.